The number of benzene rings is 3. The first-order valence-electron chi connectivity index (χ1n) is 7.52. The summed E-state index contributed by atoms with van der Waals surface area (Å²) in [5, 5.41) is 2.62. The molecule has 0 aliphatic heterocycles. The van der Waals surface area contributed by atoms with Gasteiger partial charge in [-0.3, -0.25) is 0 Å². The fraction of sp³-hybridized carbons (Fsp3) is 0.143. The lowest BCUT2D eigenvalue weighted by molar-refractivity contribution is 1.10. The molecule has 0 N–H and O–H groups in total. The largest absolute Gasteiger partial charge is 0.0985 e. The highest BCUT2D eigenvalue weighted by Gasteiger charge is 2.02. The SMILES string of the molecule is C=Cc1ccc(Cc2ccc3ccccc3c2)cc1CC. The third kappa shape index (κ3) is 2.90. The maximum Gasteiger partial charge on any atom is -0.00254 e. The molecule has 0 nitrogen and oxygen atoms in total. The van der Waals surface area contributed by atoms with Gasteiger partial charge in [0.1, 0.15) is 0 Å². The van der Waals surface area contributed by atoms with Crippen molar-refractivity contribution >= 4 is 16.8 Å². The summed E-state index contributed by atoms with van der Waals surface area (Å²) >= 11 is 0. The van der Waals surface area contributed by atoms with Crippen molar-refractivity contribution < 1.29 is 0 Å². The van der Waals surface area contributed by atoms with Crippen molar-refractivity contribution in [2.45, 2.75) is 19.8 Å². The zero-order chi connectivity index (χ0) is 14.7. The van der Waals surface area contributed by atoms with Crippen molar-refractivity contribution in [3.05, 3.63) is 89.5 Å². The number of aryl methyl sites for hydroxylation is 1. The molecule has 0 amide bonds. The maximum atomic E-state index is 3.89. The van der Waals surface area contributed by atoms with E-state index in [0.29, 0.717) is 0 Å². The first-order valence-corrected chi connectivity index (χ1v) is 7.52. The topological polar surface area (TPSA) is 0 Å². The summed E-state index contributed by atoms with van der Waals surface area (Å²) in [6.07, 6.45) is 3.97. The average molecular weight is 272 g/mol. The zero-order valence-electron chi connectivity index (χ0n) is 12.5. The third-order valence-corrected chi connectivity index (χ3v) is 4.03. The van der Waals surface area contributed by atoms with Gasteiger partial charge in [0.2, 0.25) is 0 Å². The Morgan fingerprint density at radius 2 is 1.57 bits per heavy atom. The summed E-state index contributed by atoms with van der Waals surface area (Å²) in [6, 6.07) is 22.0. The van der Waals surface area contributed by atoms with Crippen LogP contribution in [0.5, 0.6) is 0 Å². The van der Waals surface area contributed by atoms with Crippen molar-refractivity contribution in [1.29, 1.82) is 0 Å². The minimum atomic E-state index is 0.981. The standard InChI is InChI=1S/C21H20/c1-3-18-11-9-16(14-19(18)4-2)13-17-10-12-20-7-5-6-8-21(20)15-17/h3,5-12,14-15H,1,4,13H2,2H3. The lowest BCUT2D eigenvalue weighted by atomic mass is 9.97. The van der Waals surface area contributed by atoms with Gasteiger partial charge in [0.15, 0.2) is 0 Å². The Morgan fingerprint density at radius 1 is 0.857 bits per heavy atom. The second-order valence-electron chi connectivity index (χ2n) is 5.45. The van der Waals surface area contributed by atoms with Gasteiger partial charge in [-0.1, -0.05) is 80.2 Å². The molecular weight excluding hydrogens is 252 g/mol. The minimum Gasteiger partial charge on any atom is -0.0985 e. The third-order valence-electron chi connectivity index (χ3n) is 4.03. The van der Waals surface area contributed by atoms with Crippen LogP contribution in [0.1, 0.15) is 29.2 Å². The molecule has 0 atom stereocenters. The summed E-state index contributed by atoms with van der Waals surface area (Å²) < 4.78 is 0. The fourth-order valence-corrected chi connectivity index (χ4v) is 2.86. The van der Waals surface area contributed by atoms with Crippen LogP contribution in [-0.4, -0.2) is 0 Å². The lowest BCUT2D eigenvalue weighted by Gasteiger charge is -2.08. The Hall–Kier alpha value is -2.34. The molecule has 21 heavy (non-hydrogen) atoms. The zero-order valence-corrected chi connectivity index (χ0v) is 12.5. The van der Waals surface area contributed by atoms with Crippen molar-refractivity contribution in [2.24, 2.45) is 0 Å². The highest BCUT2D eigenvalue weighted by molar-refractivity contribution is 5.83. The molecule has 3 aromatic rings. The van der Waals surface area contributed by atoms with Crippen molar-refractivity contribution in [3.8, 4) is 0 Å². The monoisotopic (exact) mass is 272 g/mol. The molecule has 0 aliphatic rings. The minimum absolute atomic E-state index is 0.981. The van der Waals surface area contributed by atoms with Crippen molar-refractivity contribution in [3.63, 3.8) is 0 Å². The first-order chi connectivity index (χ1) is 10.3. The number of rotatable bonds is 4. The molecule has 0 unspecified atom stereocenters. The highest BCUT2D eigenvalue weighted by Crippen LogP contribution is 2.20. The summed E-state index contributed by atoms with van der Waals surface area (Å²) in [7, 11) is 0. The molecule has 0 bridgehead atoms. The van der Waals surface area contributed by atoms with Gasteiger partial charge in [-0.25, -0.2) is 0 Å². The van der Waals surface area contributed by atoms with Gasteiger partial charge in [0.05, 0.1) is 0 Å². The number of fused-ring (bicyclic) bond motifs is 1. The van der Waals surface area contributed by atoms with E-state index in [1.165, 1.54) is 33.0 Å². The lowest BCUT2D eigenvalue weighted by Crippen LogP contribution is -1.93. The Kier molecular flexibility index (Phi) is 3.87. The molecule has 0 aliphatic carbocycles. The van der Waals surface area contributed by atoms with Gasteiger partial charge in [0.25, 0.3) is 0 Å². The van der Waals surface area contributed by atoms with E-state index in [1.807, 2.05) is 6.08 Å². The quantitative estimate of drug-likeness (QED) is 0.577. The smallest absolute Gasteiger partial charge is 0.00254 e. The Bertz CT molecular complexity index is 781. The molecule has 0 heterocycles. The molecule has 0 heteroatoms. The maximum absolute atomic E-state index is 3.89. The van der Waals surface area contributed by atoms with Crippen LogP contribution in [0.25, 0.3) is 16.8 Å². The Balaban J connectivity index is 1.92. The van der Waals surface area contributed by atoms with Crippen LogP contribution in [0.15, 0.2) is 67.2 Å². The van der Waals surface area contributed by atoms with E-state index in [-0.39, 0.29) is 0 Å². The van der Waals surface area contributed by atoms with E-state index in [4.69, 9.17) is 0 Å². The average Bonchev–Trinajstić information content (AvgIpc) is 2.54. The fourth-order valence-electron chi connectivity index (χ4n) is 2.86. The Morgan fingerprint density at radius 3 is 2.33 bits per heavy atom. The normalized spacial score (nSPS) is 10.7. The van der Waals surface area contributed by atoms with E-state index in [9.17, 15) is 0 Å². The van der Waals surface area contributed by atoms with Gasteiger partial charge < -0.3 is 0 Å². The summed E-state index contributed by atoms with van der Waals surface area (Å²) in [5.41, 5.74) is 5.36. The van der Waals surface area contributed by atoms with Crippen LogP contribution < -0.4 is 0 Å². The molecule has 0 saturated carbocycles. The van der Waals surface area contributed by atoms with E-state index in [0.717, 1.165) is 12.8 Å². The molecule has 3 rings (SSSR count). The molecule has 0 radical (unpaired) electrons. The summed E-state index contributed by atoms with van der Waals surface area (Å²) in [6.45, 7) is 6.08. The van der Waals surface area contributed by atoms with E-state index < -0.39 is 0 Å². The van der Waals surface area contributed by atoms with Crippen molar-refractivity contribution in [2.75, 3.05) is 0 Å². The van der Waals surface area contributed by atoms with Crippen LogP contribution in [-0.2, 0) is 12.8 Å². The first kappa shape index (κ1) is 13.6. The van der Waals surface area contributed by atoms with Gasteiger partial charge >= 0.3 is 0 Å². The van der Waals surface area contributed by atoms with Gasteiger partial charge in [-0.05, 0) is 45.9 Å². The van der Waals surface area contributed by atoms with Crippen molar-refractivity contribution in [1.82, 2.24) is 0 Å². The highest BCUT2D eigenvalue weighted by atomic mass is 14.1. The molecule has 3 aromatic carbocycles. The molecule has 104 valence electrons. The molecule has 0 saturated heterocycles. The number of hydrogen-bond acceptors (Lipinski definition) is 0. The number of hydrogen-bond donors (Lipinski definition) is 0. The van der Waals surface area contributed by atoms with Crippen LogP contribution in [0.2, 0.25) is 0 Å². The van der Waals surface area contributed by atoms with E-state index in [1.54, 1.807) is 0 Å². The van der Waals surface area contributed by atoms with Crippen LogP contribution in [0, 0.1) is 0 Å². The van der Waals surface area contributed by atoms with Gasteiger partial charge in [0, 0.05) is 0 Å². The van der Waals surface area contributed by atoms with E-state index in [2.05, 4.69) is 74.2 Å². The van der Waals surface area contributed by atoms with Crippen LogP contribution in [0.3, 0.4) is 0 Å². The van der Waals surface area contributed by atoms with Gasteiger partial charge in [-0.15, -0.1) is 0 Å². The molecule has 0 fully saturated rings. The summed E-state index contributed by atoms with van der Waals surface area (Å²) in [5.74, 6) is 0. The predicted octanol–water partition coefficient (Wildman–Crippen LogP) is 5.64. The molecular formula is C21H20. The predicted molar refractivity (Wildman–Crippen MR) is 92.7 cm³/mol. The second-order valence-corrected chi connectivity index (χ2v) is 5.45. The second kappa shape index (κ2) is 5.97. The molecule has 0 aromatic heterocycles. The van der Waals surface area contributed by atoms with Gasteiger partial charge in [-0.2, -0.15) is 0 Å². The molecule has 0 spiro atoms. The van der Waals surface area contributed by atoms with Crippen LogP contribution >= 0.6 is 0 Å². The Labute approximate surface area is 126 Å². The van der Waals surface area contributed by atoms with Crippen LogP contribution in [0.4, 0.5) is 0 Å². The van der Waals surface area contributed by atoms with E-state index >= 15 is 0 Å². The summed E-state index contributed by atoms with van der Waals surface area (Å²) in [4.78, 5) is 0.